The van der Waals surface area contributed by atoms with Gasteiger partial charge in [-0.1, -0.05) is 6.58 Å². The van der Waals surface area contributed by atoms with E-state index in [1.807, 2.05) is 0 Å². The lowest BCUT2D eigenvalue weighted by atomic mass is 10.2. The molecule has 3 N–H and O–H groups in total. The first-order valence-corrected chi connectivity index (χ1v) is 4.01. The number of aromatic carboxylic acids is 1. The molecule has 0 aliphatic heterocycles. The molecule has 5 heteroatoms. The number of benzene rings is 1. The normalized spacial score (nSPS) is 9.33. The van der Waals surface area contributed by atoms with Crippen LogP contribution < -0.4 is 10.5 Å². The van der Waals surface area contributed by atoms with Crippen molar-refractivity contribution in [2.24, 2.45) is 0 Å². The van der Waals surface area contributed by atoms with Crippen molar-refractivity contribution in [1.82, 2.24) is 0 Å². The number of esters is 1. The maximum Gasteiger partial charge on any atom is 0.339 e. The monoisotopic (exact) mass is 207 g/mol. The van der Waals surface area contributed by atoms with Gasteiger partial charge in [-0.05, 0) is 12.1 Å². The number of hydrogen-bond donors (Lipinski definition) is 2. The standard InChI is InChI=1S/C10H9NO4/c1-2-9(12)15-8-5-6(11)3-4-7(8)10(13)14/h2-5H,1,11H2,(H,13,14). The molecule has 0 spiro atoms. The van der Waals surface area contributed by atoms with E-state index in [2.05, 4.69) is 6.58 Å². The van der Waals surface area contributed by atoms with Crippen molar-refractivity contribution in [3.05, 3.63) is 36.4 Å². The molecule has 0 atom stereocenters. The number of ether oxygens (including phenoxy) is 1. The molecule has 0 heterocycles. The van der Waals surface area contributed by atoms with Gasteiger partial charge in [-0.15, -0.1) is 0 Å². The zero-order valence-electron chi connectivity index (χ0n) is 7.77. The van der Waals surface area contributed by atoms with E-state index < -0.39 is 11.9 Å². The van der Waals surface area contributed by atoms with Gasteiger partial charge in [0.2, 0.25) is 0 Å². The van der Waals surface area contributed by atoms with Gasteiger partial charge in [0.05, 0.1) is 0 Å². The molecule has 0 fully saturated rings. The number of nitrogen functional groups attached to an aromatic ring is 1. The summed E-state index contributed by atoms with van der Waals surface area (Å²) in [6, 6.07) is 3.95. The Bertz CT molecular complexity index is 425. The number of carbonyl (C=O) groups is 2. The van der Waals surface area contributed by atoms with E-state index in [9.17, 15) is 9.59 Å². The minimum atomic E-state index is -1.19. The van der Waals surface area contributed by atoms with Crippen LogP contribution in [0.15, 0.2) is 30.9 Å². The lowest BCUT2D eigenvalue weighted by Crippen LogP contribution is -2.08. The highest BCUT2D eigenvalue weighted by molar-refractivity contribution is 5.93. The van der Waals surface area contributed by atoms with Crippen molar-refractivity contribution >= 4 is 17.6 Å². The average molecular weight is 207 g/mol. The summed E-state index contributed by atoms with van der Waals surface area (Å²) in [4.78, 5) is 21.6. The smallest absolute Gasteiger partial charge is 0.339 e. The van der Waals surface area contributed by atoms with E-state index in [1.165, 1.54) is 18.2 Å². The summed E-state index contributed by atoms with van der Waals surface area (Å²) in [5, 5.41) is 8.78. The fraction of sp³-hybridized carbons (Fsp3) is 0. The lowest BCUT2D eigenvalue weighted by molar-refractivity contribution is -0.128. The molecule has 0 unspecified atom stereocenters. The van der Waals surface area contributed by atoms with Crippen molar-refractivity contribution in [2.45, 2.75) is 0 Å². The van der Waals surface area contributed by atoms with Crippen LogP contribution in [-0.2, 0) is 4.79 Å². The highest BCUT2D eigenvalue weighted by Crippen LogP contribution is 2.22. The van der Waals surface area contributed by atoms with E-state index in [1.54, 1.807) is 0 Å². The minimum Gasteiger partial charge on any atom is -0.478 e. The molecule has 0 aliphatic carbocycles. The number of carbonyl (C=O) groups excluding carboxylic acids is 1. The molecule has 0 saturated carbocycles. The van der Waals surface area contributed by atoms with Gasteiger partial charge in [-0.2, -0.15) is 0 Å². The van der Waals surface area contributed by atoms with Crippen molar-refractivity contribution in [1.29, 1.82) is 0 Å². The fourth-order valence-electron chi connectivity index (χ4n) is 0.950. The van der Waals surface area contributed by atoms with Crippen LogP contribution in [0.5, 0.6) is 5.75 Å². The topological polar surface area (TPSA) is 89.6 Å². The Morgan fingerprint density at radius 2 is 2.13 bits per heavy atom. The second kappa shape index (κ2) is 4.28. The number of nitrogens with two attached hydrogens (primary N) is 1. The average Bonchev–Trinajstić information content (AvgIpc) is 2.17. The van der Waals surface area contributed by atoms with Gasteiger partial charge in [0.25, 0.3) is 0 Å². The van der Waals surface area contributed by atoms with Crippen LogP contribution in [0.3, 0.4) is 0 Å². The number of hydrogen-bond acceptors (Lipinski definition) is 4. The molecular formula is C10H9NO4. The number of carboxylic acid groups (broad SMARTS) is 1. The summed E-state index contributed by atoms with van der Waals surface area (Å²) < 4.78 is 4.72. The molecule has 78 valence electrons. The Hall–Kier alpha value is -2.30. The van der Waals surface area contributed by atoms with Gasteiger partial charge in [0.1, 0.15) is 11.3 Å². The van der Waals surface area contributed by atoms with Crippen LogP contribution >= 0.6 is 0 Å². The van der Waals surface area contributed by atoms with Crippen LogP contribution in [-0.4, -0.2) is 17.0 Å². The Morgan fingerprint density at radius 1 is 1.47 bits per heavy atom. The highest BCUT2D eigenvalue weighted by atomic mass is 16.5. The number of carboxylic acids is 1. The van der Waals surface area contributed by atoms with E-state index in [-0.39, 0.29) is 11.3 Å². The molecular weight excluding hydrogens is 198 g/mol. The predicted octanol–water partition coefficient (Wildman–Crippen LogP) is 1.06. The molecule has 0 aliphatic rings. The maximum atomic E-state index is 10.9. The number of anilines is 1. The Labute approximate surface area is 85.8 Å². The quantitative estimate of drug-likeness (QED) is 0.335. The first kappa shape index (κ1) is 10.8. The first-order chi connectivity index (χ1) is 7.04. The van der Waals surface area contributed by atoms with E-state index in [4.69, 9.17) is 15.6 Å². The third-order valence-electron chi connectivity index (χ3n) is 1.61. The van der Waals surface area contributed by atoms with E-state index in [0.717, 1.165) is 6.08 Å². The first-order valence-electron chi connectivity index (χ1n) is 4.01. The van der Waals surface area contributed by atoms with Crippen LogP contribution in [0, 0.1) is 0 Å². The van der Waals surface area contributed by atoms with Crippen molar-refractivity contribution in [3.8, 4) is 5.75 Å². The predicted molar refractivity (Wildman–Crippen MR) is 53.6 cm³/mol. The molecule has 15 heavy (non-hydrogen) atoms. The van der Waals surface area contributed by atoms with Crippen LogP contribution in [0.2, 0.25) is 0 Å². The molecule has 0 saturated heterocycles. The van der Waals surface area contributed by atoms with Gasteiger partial charge < -0.3 is 15.6 Å². The molecule has 0 aromatic heterocycles. The molecule has 0 radical (unpaired) electrons. The van der Waals surface area contributed by atoms with Gasteiger partial charge in [-0.25, -0.2) is 9.59 Å². The molecule has 1 aromatic carbocycles. The third kappa shape index (κ3) is 2.57. The zero-order chi connectivity index (χ0) is 11.4. The summed E-state index contributed by atoms with van der Waals surface area (Å²) in [5.74, 6) is -2.02. The maximum absolute atomic E-state index is 10.9. The van der Waals surface area contributed by atoms with Gasteiger partial charge in [0.15, 0.2) is 0 Å². The zero-order valence-corrected chi connectivity index (χ0v) is 7.77. The Morgan fingerprint density at radius 3 is 2.67 bits per heavy atom. The summed E-state index contributed by atoms with van der Waals surface area (Å²) in [6.07, 6.45) is 0.939. The van der Waals surface area contributed by atoms with Crippen molar-refractivity contribution in [3.63, 3.8) is 0 Å². The van der Waals surface area contributed by atoms with Crippen molar-refractivity contribution in [2.75, 3.05) is 5.73 Å². The van der Waals surface area contributed by atoms with E-state index in [0.29, 0.717) is 5.69 Å². The number of rotatable bonds is 3. The summed E-state index contributed by atoms with van der Waals surface area (Å²) in [7, 11) is 0. The summed E-state index contributed by atoms with van der Waals surface area (Å²) >= 11 is 0. The summed E-state index contributed by atoms with van der Waals surface area (Å²) in [6.45, 7) is 3.20. The molecule has 1 rings (SSSR count). The fourth-order valence-corrected chi connectivity index (χ4v) is 0.950. The Balaban J connectivity index is 3.12. The minimum absolute atomic E-state index is 0.0904. The second-order valence-corrected chi connectivity index (χ2v) is 2.69. The van der Waals surface area contributed by atoms with Crippen LogP contribution in [0.1, 0.15) is 10.4 Å². The molecule has 0 bridgehead atoms. The molecule has 0 amide bonds. The van der Waals surface area contributed by atoms with Crippen molar-refractivity contribution < 1.29 is 19.4 Å². The van der Waals surface area contributed by atoms with E-state index >= 15 is 0 Å². The Kier molecular flexibility index (Phi) is 3.07. The second-order valence-electron chi connectivity index (χ2n) is 2.69. The highest BCUT2D eigenvalue weighted by Gasteiger charge is 2.13. The largest absolute Gasteiger partial charge is 0.478 e. The lowest BCUT2D eigenvalue weighted by Gasteiger charge is -2.05. The summed E-state index contributed by atoms with van der Waals surface area (Å²) in [5.41, 5.74) is 5.62. The van der Waals surface area contributed by atoms with Crippen LogP contribution in [0.4, 0.5) is 5.69 Å². The van der Waals surface area contributed by atoms with Gasteiger partial charge in [0, 0.05) is 17.8 Å². The van der Waals surface area contributed by atoms with Gasteiger partial charge >= 0.3 is 11.9 Å². The molecule has 5 nitrogen and oxygen atoms in total. The SMILES string of the molecule is C=CC(=O)Oc1cc(N)ccc1C(=O)O. The van der Waals surface area contributed by atoms with Crippen LogP contribution in [0.25, 0.3) is 0 Å². The van der Waals surface area contributed by atoms with Gasteiger partial charge in [-0.3, -0.25) is 0 Å². The third-order valence-corrected chi connectivity index (χ3v) is 1.61. The molecule has 1 aromatic rings.